The monoisotopic (exact) mass is 440 g/mol. The number of carbonyl (C=O) groups excluding carboxylic acids is 1. The van der Waals surface area contributed by atoms with E-state index < -0.39 is 0 Å². The van der Waals surface area contributed by atoms with Gasteiger partial charge in [-0.15, -0.1) is 10.2 Å². The van der Waals surface area contributed by atoms with Gasteiger partial charge in [-0.25, -0.2) is 0 Å². The number of aryl methyl sites for hydroxylation is 3. The highest BCUT2D eigenvalue weighted by molar-refractivity contribution is 7.99. The molecule has 0 saturated heterocycles. The van der Waals surface area contributed by atoms with Gasteiger partial charge in [0.1, 0.15) is 0 Å². The van der Waals surface area contributed by atoms with Gasteiger partial charge in [-0.1, -0.05) is 59.8 Å². The minimum atomic E-state index is -0.0485. The van der Waals surface area contributed by atoms with Crippen LogP contribution < -0.4 is 5.32 Å². The van der Waals surface area contributed by atoms with E-state index in [0.29, 0.717) is 5.16 Å². The number of para-hydroxylation sites is 1. The fraction of sp³-hybridized carbons (Fsp3) is 0.192. The standard InChI is InChI=1S/C26H24N4OS/c1-18-7-5-10-21(15-18)25-28-29-26(30(25)23-11-3-2-4-12-23)32-17-24(31)27-22-14-13-19-8-6-9-20(19)16-22/h2-5,7,10-16H,6,8-9,17H2,1H3,(H,27,31). The average molecular weight is 441 g/mol. The van der Waals surface area contributed by atoms with E-state index >= 15 is 0 Å². The molecule has 1 amide bonds. The number of hydrogen-bond donors (Lipinski definition) is 1. The highest BCUT2D eigenvalue weighted by Crippen LogP contribution is 2.29. The molecule has 32 heavy (non-hydrogen) atoms. The van der Waals surface area contributed by atoms with Gasteiger partial charge >= 0.3 is 0 Å². The molecule has 1 aromatic heterocycles. The molecule has 5 rings (SSSR count). The fourth-order valence-electron chi connectivity index (χ4n) is 4.12. The Balaban J connectivity index is 1.37. The van der Waals surface area contributed by atoms with Crippen LogP contribution in [0.5, 0.6) is 0 Å². The van der Waals surface area contributed by atoms with Gasteiger partial charge < -0.3 is 5.32 Å². The summed E-state index contributed by atoms with van der Waals surface area (Å²) in [6.07, 6.45) is 3.43. The number of hydrogen-bond acceptors (Lipinski definition) is 4. The van der Waals surface area contributed by atoms with Crippen molar-refractivity contribution >= 4 is 23.4 Å². The molecule has 4 aromatic rings. The second-order valence-electron chi connectivity index (χ2n) is 8.02. The molecule has 0 atom stereocenters. The maximum Gasteiger partial charge on any atom is 0.234 e. The average Bonchev–Trinajstić information content (AvgIpc) is 3.45. The van der Waals surface area contributed by atoms with E-state index in [9.17, 15) is 4.79 Å². The number of amides is 1. The van der Waals surface area contributed by atoms with Crippen LogP contribution in [-0.2, 0) is 17.6 Å². The molecular formula is C26H24N4OS. The lowest BCUT2D eigenvalue weighted by Gasteiger charge is -2.11. The van der Waals surface area contributed by atoms with Crippen LogP contribution in [0.2, 0.25) is 0 Å². The Hall–Kier alpha value is -3.38. The van der Waals surface area contributed by atoms with E-state index in [1.807, 2.05) is 53.1 Å². The van der Waals surface area contributed by atoms with Gasteiger partial charge in [0.25, 0.3) is 0 Å². The second kappa shape index (κ2) is 9.01. The third kappa shape index (κ3) is 4.32. The summed E-state index contributed by atoms with van der Waals surface area (Å²) in [4.78, 5) is 12.7. The van der Waals surface area contributed by atoms with Crippen molar-refractivity contribution in [1.29, 1.82) is 0 Å². The van der Waals surface area contributed by atoms with Crippen LogP contribution in [0.25, 0.3) is 17.1 Å². The SMILES string of the molecule is Cc1cccc(-c2nnc(SCC(=O)Nc3ccc4c(c3)CCC4)n2-c2ccccc2)c1. The summed E-state index contributed by atoms with van der Waals surface area (Å²) in [7, 11) is 0. The maximum absolute atomic E-state index is 12.7. The summed E-state index contributed by atoms with van der Waals surface area (Å²) in [5.41, 5.74) is 6.74. The fourth-order valence-corrected chi connectivity index (χ4v) is 4.87. The van der Waals surface area contributed by atoms with Crippen molar-refractivity contribution in [1.82, 2.24) is 14.8 Å². The van der Waals surface area contributed by atoms with Gasteiger partial charge in [-0.2, -0.15) is 0 Å². The zero-order valence-corrected chi connectivity index (χ0v) is 18.7. The molecule has 3 aromatic carbocycles. The van der Waals surface area contributed by atoms with Crippen LogP contribution in [0, 0.1) is 6.92 Å². The number of anilines is 1. The number of nitrogens with one attached hydrogen (secondary N) is 1. The van der Waals surface area contributed by atoms with Gasteiger partial charge in [-0.3, -0.25) is 9.36 Å². The Labute approximate surface area is 191 Å². The Kier molecular flexibility index (Phi) is 5.77. The molecule has 0 unspecified atom stereocenters. The summed E-state index contributed by atoms with van der Waals surface area (Å²) in [5, 5.41) is 12.6. The number of benzene rings is 3. The van der Waals surface area contributed by atoms with Crippen molar-refractivity contribution in [3.05, 3.63) is 89.5 Å². The molecule has 0 radical (unpaired) electrons. The quantitative estimate of drug-likeness (QED) is 0.404. The normalized spacial score (nSPS) is 12.5. The van der Waals surface area contributed by atoms with Crippen molar-refractivity contribution in [2.45, 2.75) is 31.3 Å². The summed E-state index contributed by atoms with van der Waals surface area (Å²) < 4.78 is 2.02. The van der Waals surface area contributed by atoms with Crippen LogP contribution in [0.4, 0.5) is 5.69 Å². The molecule has 0 saturated carbocycles. The van der Waals surface area contributed by atoms with E-state index in [4.69, 9.17) is 0 Å². The predicted molar refractivity (Wildman–Crippen MR) is 129 cm³/mol. The largest absolute Gasteiger partial charge is 0.325 e. The van der Waals surface area contributed by atoms with Crippen molar-refractivity contribution in [2.75, 3.05) is 11.1 Å². The molecule has 1 heterocycles. The van der Waals surface area contributed by atoms with Crippen molar-refractivity contribution in [3.63, 3.8) is 0 Å². The Morgan fingerprint density at radius 2 is 1.81 bits per heavy atom. The molecule has 1 N–H and O–H groups in total. The lowest BCUT2D eigenvalue weighted by atomic mass is 10.1. The minimum Gasteiger partial charge on any atom is -0.325 e. The Morgan fingerprint density at radius 3 is 2.66 bits per heavy atom. The van der Waals surface area contributed by atoms with Crippen LogP contribution in [0.3, 0.4) is 0 Å². The number of aromatic nitrogens is 3. The lowest BCUT2D eigenvalue weighted by Crippen LogP contribution is -2.14. The first-order chi connectivity index (χ1) is 15.7. The number of thioether (sulfide) groups is 1. The second-order valence-corrected chi connectivity index (χ2v) is 8.96. The topological polar surface area (TPSA) is 59.8 Å². The van der Waals surface area contributed by atoms with Gasteiger partial charge in [0.2, 0.25) is 5.91 Å². The molecule has 0 aliphatic heterocycles. The molecule has 5 nitrogen and oxygen atoms in total. The molecule has 0 bridgehead atoms. The summed E-state index contributed by atoms with van der Waals surface area (Å²) in [5.74, 6) is 0.977. The maximum atomic E-state index is 12.7. The Morgan fingerprint density at radius 1 is 0.969 bits per heavy atom. The predicted octanol–water partition coefficient (Wildman–Crippen LogP) is 5.46. The summed E-state index contributed by atoms with van der Waals surface area (Å²) >= 11 is 1.39. The third-order valence-electron chi connectivity index (χ3n) is 5.64. The van der Waals surface area contributed by atoms with Gasteiger partial charge in [-0.05, 0) is 67.6 Å². The van der Waals surface area contributed by atoms with Crippen molar-refractivity contribution < 1.29 is 4.79 Å². The van der Waals surface area contributed by atoms with Gasteiger partial charge in [0.15, 0.2) is 11.0 Å². The van der Waals surface area contributed by atoms with E-state index in [1.54, 1.807) is 0 Å². The van der Waals surface area contributed by atoms with Gasteiger partial charge in [0.05, 0.1) is 5.75 Å². The zero-order chi connectivity index (χ0) is 21.9. The lowest BCUT2D eigenvalue weighted by molar-refractivity contribution is -0.113. The number of nitrogens with zero attached hydrogens (tertiary/aromatic N) is 3. The van der Waals surface area contributed by atoms with Crippen molar-refractivity contribution in [3.8, 4) is 17.1 Å². The zero-order valence-electron chi connectivity index (χ0n) is 17.9. The first kappa shape index (κ1) is 20.5. The van der Waals surface area contributed by atoms with E-state index in [1.165, 1.54) is 29.3 Å². The molecule has 0 spiro atoms. The summed E-state index contributed by atoms with van der Waals surface area (Å²) in [6, 6.07) is 24.5. The smallest absolute Gasteiger partial charge is 0.234 e. The molecule has 1 aliphatic rings. The van der Waals surface area contributed by atoms with Crippen LogP contribution in [0.15, 0.2) is 78.0 Å². The highest BCUT2D eigenvalue weighted by atomic mass is 32.2. The summed E-state index contributed by atoms with van der Waals surface area (Å²) in [6.45, 7) is 2.06. The number of fused-ring (bicyclic) bond motifs is 1. The molecular weight excluding hydrogens is 416 g/mol. The van der Waals surface area contributed by atoms with E-state index in [-0.39, 0.29) is 11.7 Å². The third-order valence-corrected chi connectivity index (χ3v) is 6.57. The number of rotatable bonds is 6. The van der Waals surface area contributed by atoms with E-state index in [2.05, 4.69) is 46.7 Å². The highest BCUT2D eigenvalue weighted by Gasteiger charge is 2.18. The van der Waals surface area contributed by atoms with Crippen LogP contribution in [-0.4, -0.2) is 26.4 Å². The van der Waals surface area contributed by atoms with E-state index in [0.717, 1.165) is 41.2 Å². The molecule has 1 aliphatic carbocycles. The minimum absolute atomic E-state index is 0.0485. The molecule has 6 heteroatoms. The molecule has 0 fully saturated rings. The van der Waals surface area contributed by atoms with Crippen LogP contribution >= 0.6 is 11.8 Å². The van der Waals surface area contributed by atoms with Crippen LogP contribution in [0.1, 0.15) is 23.1 Å². The first-order valence-electron chi connectivity index (χ1n) is 10.8. The Bertz CT molecular complexity index is 1270. The van der Waals surface area contributed by atoms with Crippen molar-refractivity contribution in [2.24, 2.45) is 0 Å². The number of carbonyl (C=O) groups is 1. The first-order valence-corrected chi connectivity index (χ1v) is 11.8. The molecule has 160 valence electrons. The van der Waals surface area contributed by atoms with Gasteiger partial charge in [0, 0.05) is 16.9 Å².